The summed E-state index contributed by atoms with van der Waals surface area (Å²) < 4.78 is 7.61. The molecule has 15 heavy (non-hydrogen) atoms. The number of aromatic nitrogens is 2. The molecule has 0 amide bonds. The van der Waals surface area contributed by atoms with Crippen LogP contribution in [0.2, 0.25) is 0 Å². The van der Waals surface area contributed by atoms with Gasteiger partial charge in [0.2, 0.25) is 0 Å². The predicted molar refractivity (Wildman–Crippen MR) is 58.0 cm³/mol. The molecule has 1 aromatic heterocycles. The highest BCUT2D eigenvalue weighted by atomic mass is 16.5. The molecule has 78 valence electrons. The maximum Gasteiger partial charge on any atom is 0.144 e. The minimum Gasteiger partial charge on any atom is -0.494 e. The Hall–Kier alpha value is -1.55. The number of benzene rings is 1. The largest absolute Gasteiger partial charge is 0.494 e. The third kappa shape index (κ3) is 1.22. The molecule has 4 heteroatoms. The van der Waals surface area contributed by atoms with Crippen molar-refractivity contribution in [1.82, 2.24) is 14.9 Å². The van der Waals surface area contributed by atoms with E-state index < -0.39 is 0 Å². The molecule has 2 heterocycles. The molecule has 1 N–H and O–H groups in total. The summed E-state index contributed by atoms with van der Waals surface area (Å²) in [6, 6.07) is 6.00. The summed E-state index contributed by atoms with van der Waals surface area (Å²) in [5, 5.41) is 3.32. The van der Waals surface area contributed by atoms with Crippen LogP contribution in [0.4, 0.5) is 0 Å². The molecule has 0 spiro atoms. The minimum absolute atomic E-state index is 0.845. The molecule has 0 atom stereocenters. The van der Waals surface area contributed by atoms with Crippen molar-refractivity contribution in [1.29, 1.82) is 0 Å². The second-order valence-corrected chi connectivity index (χ2v) is 3.68. The Morgan fingerprint density at radius 2 is 2.40 bits per heavy atom. The van der Waals surface area contributed by atoms with Gasteiger partial charge >= 0.3 is 0 Å². The van der Waals surface area contributed by atoms with Crippen LogP contribution in [0.25, 0.3) is 11.0 Å². The fraction of sp³-hybridized carbons (Fsp3) is 0.364. The molecule has 4 nitrogen and oxygen atoms in total. The third-order valence-electron chi connectivity index (χ3n) is 2.82. The summed E-state index contributed by atoms with van der Waals surface area (Å²) in [7, 11) is 1.70. The van der Waals surface area contributed by atoms with Crippen LogP contribution in [0, 0.1) is 0 Å². The van der Waals surface area contributed by atoms with Gasteiger partial charge in [0.25, 0.3) is 0 Å². The van der Waals surface area contributed by atoms with Crippen LogP contribution in [-0.4, -0.2) is 23.2 Å². The molecule has 0 radical (unpaired) electrons. The van der Waals surface area contributed by atoms with E-state index in [1.54, 1.807) is 7.11 Å². The van der Waals surface area contributed by atoms with Gasteiger partial charge in [-0.3, -0.25) is 0 Å². The molecule has 2 aromatic rings. The van der Waals surface area contributed by atoms with E-state index in [9.17, 15) is 0 Å². The van der Waals surface area contributed by atoms with Crippen LogP contribution in [0.5, 0.6) is 5.75 Å². The van der Waals surface area contributed by atoms with E-state index in [2.05, 4.69) is 14.9 Å². The summed E-state index contributed by atoms with van der Waals surface area (Å²) in [6.07, 6.45) is 0. The van der Waals surface area contributed by atoms with Gasteiger partial charge in [0.15, 0.2) is 0 Å². The highest BCUT2D eigenvalue weighted by Crippen LogP contribution is 2.27. The van der Waals surface area contributed by atoms with Gasteiger partial charge in [-0.1, -0.05) is 6.07 Å². The second kappa shape index (κ2) is 3.24. The number of nitrogens with one attached hydrogen (secondary N) is 1. The molecule has 1 aromatic carbocycles. The van der Waals surface area contributed by atoms with Crippen molar-refractivity contribution in [3.05, 3.63) is 24.0 Å². The lowest BCUT2D eigenvalue weighted by molar-refractivity contribution is 0.415. The van der Waals surface area contributed by atoms with Gasteiger partial charge in [0.1, 0.15) is 17.1 Å². The van der Waals surface area contributed by atoms with E-state index in [-0.39, 0.29) is 0 Å². The minimum atomic E-state index is 0.845. The third-order valence-corrected chi connectivity index (χ3v) is 2.82. The van der Waals surface area contributed by atoms with E-state index in [1.165, 1.54) is 0 Å². The summed E-state index contributed by atoms with van der Waals surface area (Å²) in [4.78, 5) is 4.58. The fourth-order valence-electron chi connectivity index (χ4n) is 2.13. The summed E-state index contributed by atoms with van der Waals surface area (Å²) in [5.74, 6) is 2.01. The first-order valence-electron chi connectivity index (χ1n) is 5.13. The summed E-state index contributed by atoms with van der Waals surface area (Å²) in [5.41, 5.74) is 2.14. The average Bonchev–Trinajstić information content (AvgIpc) is 2.67. The summed E-state index contributed by atoms with van der Waals surface area (Å²) >= 11 is 0. The molecule has 1 aliphatic heterocycles. The van der Waals surface area contributed by atoms with Crippen LogP contribution in [-0.2, 0) is 13.1 Å². The maximum absolute atomic E-state index is 5.37. The van der Waals surface area contributed by atoms with Gasteiger partial charge in [-0.15, -0.1) is 0 Å². The van der Waals surface area contributed by atoms with Crippen molar-refractivity contribution < 1.29 is 4.74 Å². The average molecular weight is 203 g/mol. The zero-order chi connectivity index (χ0) is 10.3. The number of fused-ring (bicyclic) bond motifs is 3. The molecule has 0 unspecified atom stereocenters. The van der Waals surface area contributed by atoms with Crippen LogP contribution in [0.3, 0.4) is 0 Å². The Balaban J connectivity index is 2.33. The number of hydrogen-bond donors (Lipinski definition) is 1. The van der Waals surface area contributed by atoms with Crippen LogP contribution in [0.15, 0.2) is 18.2 Å². The van der Waals surface area contributed by atoms with Gasteiger partial charge in [-0.25, -0.2) is 4.98 Å². The second-order valence-electron chi connectivity index (χ2n) is 3.68. The Morgan fingerprint density at radius 3 is 3.27 bits per heavy atom. The standard InChI is InChI=1S/C11H13N3O/c1-15-9-4-2-3-8-11(9)14-6-5-12-7-10(14)13-8/h2-4,12H,5-7H2,1H3. The quantitative estimate of drug-likeness (QED) is 0.755. The van der Waals surface area contributed by atoms with E-state index in [0.29, 0.717) is 0 Å². The van der Waals surface area contributed by atoms with Crippen molar-refractivity contribution >= 4 is 11.0 Å². The normalized spacial score (nSPS) is 15.3. The predicted octanol–water partition coefficient (Wildman–Crippen LogP) is 1.15. The van der Waals surface area contributed by atoms with E-state index in [4.69, 9.17) is 4.74 Å². The lowest BCUT2D eigenvalue weighted by atomic mass is 10.3. The van der Waals surface area contributed by atoms with Crippen LogP contribution < -0.4 is 10.1 Å². The van der Waals surface area contributed by atoms with Crippen molar-refractivity contribution in [2.75, 3.05) is 13.7 Å². The number of hydrogen-bond acceptors (Lipinski definition) is 3. The van der Waals surface area contributed by atoms with Crippen molar-refractivity contribution in [2.45, 2.75) is 13.1 Å². The number of rotatable bonds is 1. The molecule has 0 saturated carbocycles. The monoisotopic (exact) mass is 203 g/mol. The smallest absolute Gasteiger partial charge is 0.144 e. The van der Waals surface area contributed by atoms with Crippen molar-refractivity contribution in [3.63, 3.8) is 0 Å². The molecule has 1 aliphatic rings. The zero-order valence-corrected chi connectivity index (χ0v) is 8.66. The number of para-hydroxylation sites is 1. The Bertz CT molecular complexity index is 504. The highest BCUT2D eigenvalue weighted by molar-refractivity contribution is 5.82. The first-order valence-corrected chi connectivity index (χ1v) is 5.13. The number of methoxy groups -OCH3 is 1. The molecular weight excluding hydrogens is 190 g/mol. The van der Waals surface area contributed by atoms with Crippen LogP contribution in [0.1, 0.15) is 5.82 Å². The Labute approximate surface area is 87.9 Å². The fourth-order valence-corrected chi connectivity index (χ4v) is 2.13. The SMILES string of the molecule is COc1cccc2nc3n(c12)CCNC3. The number of ether oxygens (including phenoxy) is 1. The highest BCUT2D eigenvalue weighted by Gasteiger charge is 2.16. The molecule has 3 rings (SSSR count). The lowest BCUT2D eigenvalue weighted by Crippen LogP contribution is -2.28. The first kappa shape index (κ1) is 8.73. The molecule has 0 fully saturated rings. The van der Waals surface area contributed by atoms with E-state index >= 15 is 0 Å². The van der Waals surface area contributed by atoms with Crippen molar-refractivity contribution in [2.24, 2.45) is 0 Å². The topological polar surface area (TPSA) is 39.1 Å². The Kier molecular flexibility index (Phi) is 1.89. The number of imidazole rings is 1. The zero-order valence-electron chi connectivity index (χ0n) is 8.66. The van der Waals surface area contributed by atoms with Gasteiger partial charge in [-0.05, 0) is 12.1 Å². The Morgan fingerprint density at radius 1 is 1.47 bits per heavy atom. The van der Waals surface area contributed by atoms with E-state index in [0.717, 1.165) is 42.2 Å². The summed E-state index contributed by atoms with van der Waals surface area (Å²) in [6.45, 7) is 2.81. The molecule has 0 aliphatic carbocycles. The van der Waals surface area contributed by atoms with Gasteiger partial charge < -0.3 is 14.6 Å². The van der Waals surface area contributed by atoms with Gasteiger partial charge in [0, 0.05) is 13.1 Å². The molecular formula is C11H13N3O. The van der Waals surface area contributed by atoms with E-state index in [1.807, 2.05) is 18.2 Å². The maximum atomic E-state index is 5.37. The first-order chi connectivity index (χ1) is 7.40. The van der Waals surface area contributed by atoms with Gasteiger partial charge in [0.05, 0.1) is 19.2 Å². The molecule has 0 saturated heterocycles. The lowest BCUT2D eigenvalue weighted by Gasteiger charge is -2.16. The van der Waals surface area contributed by atoms with Crippen molar-refractivity contribution in [3.8, 4) is 5.75 Å². The number of nitrogens with zero attached hydrogens (tertiary/aromatic N) is 2. The van der Waals surface area contributed by atoms with Crippen LogP contribution >= 0.6 is 0 Å². The molecule has 0 bridgehead atoms. The van der Waals surface area contributed by atoms with Gasteiger partial charge in [-0.2, -0.15) is 0 Å².